The van der Waals surface area contributed by atoms with Gasteiger partial charge in [-0.25, -0.2) is 0 Å². The van der Waals surface area contributed by atoms with Crippen LogP contribution in [0.3, 0.4) is 0 Å². The SMILES string of the molecule is CN(Cc1ccc(N)cc1)c1ccc(C#N)c(Cl)c1. The predicted molar refractivity (Wildman–Crippen MR) is 79.1 cm³/mol. The average molecular weight is 272 g/mol. The van der Waals surface area contributed by atoms with Crippen LogP contribution in [-0.4, -0.2) is 7.05 Å². The molecule has 0 atom stereocenters. The molecule has 2 N–H and O–H groups in total. The highest BCUT2D eigenvalue weighted by atomic mass is 35.5. The number of hydrogen-bond donors (Lipinski definition) is 1. The average Bonchev–Trinajstić information content (AvgIpc) is 2.41. The van der Waals surface area contributed by atoms with Crippen LogP contribution in [0.2, 0.25) is 5.02 Å². The molecule has 96 valence electrons. The Kier molecular flexibility index (Phi) is 3.94. The third kappa shape index (κ3) is 3.18. The van der Waals surface area contributed by atoms with Gasteiger partial charge in [-0.1, -0.05) is 23.7 Å². The maximum Gasteiger partial charge on any atom is 0.101 e. The van der Waals surface area contributed by atoms with Crippen molar-refractivity contribution in [1.82, 2.24) is 0 Å². The van der Waals surface area contributed by atoms with Crippen LogP contribution < -0.4 is 10.6 Å². The first-order valence-electron chi connectivity index (χ1n) is 5.85. The summed E-state index contributed by atoms with van der Waals surface area (Å²) in [5.41, 5.74) is 9.04. The van der Waals surface area contributed by atoms with E-state index in [1.807, 2.05) is 37.4 Å². The Hall–Kier alpha value is -2.18. The third-order valence-corrected chi connectivity index (χ3v) is 3.23. The second kappa shape index (κ2) is 5.64. The Morgan fingerprint density at radius 3 is 2.47 bits per heavy atom. The lowest BCUT2D eigenvalue weighted by Crippen LogP contribution is -2.16. The highest BCUT2D eigenvalue weighted by Crippen LogP contribution is 2.23. The fraction of sp³-hybridized carbons (Fsp3) is 0.133. The molecule has 0 aliphatic rings. The van der Waals surface area contributed by atoms with Crippen molar-refractivity contribution in [3.05, 3.63) is 58.6 Å². The van der Waals surface area contributed by atoms with Gasteiger partial charge in [0, 0.05) is 25.0 Å². The standard InChI is InChI=1S/C15H14ClN3/c1-19(10-11-2-5-13(18)6-3-11)14-7-4-12(9-17)15(16)8-14/h2-8H,10,18H2,1H3. The van der Waals surface area contributed by atoms with Crippen LogP contribution in [0.5, 0.6) is 0 Å². The number of halogens is 1. The lowest BCUT2D eigenvalue weighted by Gasteiger charge is -2.20. The fourth-order valence-electron chi connectivity index (χ4n) is 1.82. The van der Waals surface area contributed by atoms with Crippen LogP contribution in [0.1, 0.15) is 11.1 Å². The zero-order valence-corrected chi connectivity index (χ0v) is 11.4. The van der Waals surface area contributed by atoms with Crippen molar-refractivity contribution in [2.75, 3.05) is 17.7 Å². The van der Waals surface area contributed by atoms with Crippen LogP contribution in [0, 0.1) is 11.3 Å². The summed E-state index contributed by atoms with van der Waals surface area (Å²) in [7, 11) is 1.98. The minimum absolute atomic E-state index is 0.476. The molecule has 0 radical (unpaired) electrons. The maximum absolute atomic E-state index is 8.85. The summed E-state index contributed by atoms with van der Waals surface area (Å²) in [5, 5.41) is 9.33. The highest BCUT2D eigenvalue weighted by Gasteiger charge is 2.06. The number of rotatable bonds is 3. The number of nitrogens with two attached hydrogens (primary N) is 1. The van der Waals surface area contributed by atoms with E-state index < -0.39 is 0 Å². The Morgan fingerprint density at radius 1 is 1.21 bits per heavy atom. The molecule has 0 heterocycles. The molecule has 0 bridgehead atoms. The molecule has 0 spiro atoms. The lowest BCUT2D eigenvalue weighted by atomic mass is 10.1. The zero-order valence-electron chi connectivity index (χ0n) is 10.6. The molecular weight excluding hydrogens is 258 g/mol. The van der Waals surface area contributed by atoms with E-state index in [1.54, 1.807) is 12.1 Å². The van der Waals surface area contributed by atoms with Crippen molar-refractivity contribution in [2.45, 2.75) is 6.54 Å². The minimum Gasteiger partial charge on any atom is -0.399 e. The van der Waals surface area contributed by atoms with Gasteiger partial charge in [0.05, 0.1) is 10.6 Å². The smallest absolute Gasteiger partial charge is 0.101 e. The molecule has 0 saturated heterocycles. The Balaban J connectivity index is 2.16. The molecule has 2 aromatic rings. The first-order valence-corrected chi connectivity index (χ1v) is 6.23. The van der Waals surface area contributed by atoms with Crippen LogP contribution >= 0.6 is 11.6 Å². The van der Waals surface area contributed by atoms with Crippen LogP contribution in [0.15, 0.2) is 42.5 Å². The molecule has 2 rings (SSSR count). The van der Waals surface area contributed by atoms with Gasteiger partial charge in [0.2, 0.25) is 0 Å². The van der Waals surface area contributed by atoms with Crippen molar-refractivity contribution >= 4 is 23.0 Å². The molecule has 4 heteroatoms. The van der Waals surface area contributed by atoms with Gasteiger partial charge in [-0.3, -0.25) is 0 Å². The Labute approximate surface area is 117 Å². The number of anilines is 2. The van der Waals surface area contributed by atoms with Crippen molar-refractivity contribution < 1.29 is 0 Å². The molecule has 0 aromatic heterocycles. The quantitative estimate of drug-likeness (QED) is 0.870. The normalized spacial score (nSPS) is 9.95. The number of benzene rings is 2. The van der Waals surface area contributed by atoms with Gasteiger partial charge in [0.25, 0.3) is 0 Å². The van der Waals surface area contributed by atoms with E-state index in [2.05, 4.69) is 11.0 Å². The Morgan fingerprint density at radius 2 is 1.89 bits per heavy atom. The molecule has 0 aliphatic heterocycles. The maximum atomic E-state index is 8.85. The van der Waals surface area contributed by atoms with Crippen LogP contribution in [0.4, 0.5) is 11.4 Å². The monoisotopic (exact) mass is 271 g/mol. The van der Waals surface area contributed by atoms with Crippen molar-refractivity contribution in [3.63, 3.8) is 0 Å². The van der Waals surface area contributed by atoms with Crippen LogP contribution in [-0.2, 0) is 6.54 Å². The first kappa shape index (κ1) is 13.3. The largest absolute Gasteiger partial charge is 0.399 e. The lowest BCUT2D eigenvalue weighted by molar-refractivity contribution is 0.923. The number of nitrogens with zero attached hydrogens (tertiary/aromatic N) is 2. The fourth-order valence-corrected chi connectivity index (χ4v) is 2.04. The number of hydrogen-bond acceptors (Lipinski definition) is 3. The third-order valence-electron chi connectivity index (χ3n) is 2.91. The molecule has 0 amide bonds. The van der Waals surface area contributed by atoms with E-state index in [4.69, 9.17) is 22.6 Å². The van der Waals surface area contributed by atoms with Gasteiger partial charge < -0.3 is 10.6 Å². The van der Waals surface area contributed by atoms with Crippen LogP contribution in [0.25, 0.3) is 0 Å². The highest BCUT2D eigenvalue weighted by molar-refractivity contribution is 6.32. The van der Waals surface area contributed by atoms with E-state index in [-0.39, 0.29) is 0 Å². The summed E-state index contributed by atoms with van der Waals surface area (Å²) in [4.78, 5) is 2.07. The summed E-state index contributed by atoms with van der Waals surface area (Å²) < 4.78 is 0. The summed E-state index contributed by atoms with van der Waals surface area (Å²) in [6.45, 7) is 0.752. The molecule has 19 heavy (non-hydrogen) atoms. The molecule has 0 saturated carbocycles. The molecule has 3 nitrogen and oxygen atoms in total. The van der Waals surface area contributed by atoms with E-state index >= 15 is 0 Å². The van der Waals surface area contributed by atoms with Crippen molar-refractivity contribution in [3.8, 4) is 6.07 Å². The molecule has 2 aromatic carbocycles. The minimum atomic E-state index is 0.476. The number of nitrogen functional groups attached to an aromatic ring is 1. The van der Waals surface area contributed by atoms with E-state index in [0.717, 1.165) is 23.5 Å². The zero-order chi connectivity index (χ0) is 13.8. The van der Waals surface area contributed by atoms with Gasteiger partial charge >= 0.3 is 0 Å². The molecular formula is C15H14ClN3. The summed E-state index contributed by atoms with van der Waals surface area (Å²) in [5.74, 6) is 0. The second-order valence-electron chi connectivity index (χ2n) is 4.37. The van der Waals surface area contributed by atoms with Gasteiger partial charge in [0.1, 0.15) is 6.07 Å². The van der Waals surface area contributed by atoms with Gasteiger partial charge in [-0.15, -0.1) is 0 Å². The topological polar surface area (TPSA) is 53.0 Å². The van der Waals surface area contributed by atoms with E-state index in [1.165, 1.54) is 0 Å². The van der Waals surface area contributed by atoms with E-state index in [9.17, 15) is 0 Å². The summed E-state index contributed by atoms with van der Waals surface area (Å²) in [6.07, 6.45) is 0. The van der Waals surface area contributed by atoms with Gasteiger partial charge in [-0.2, -0.15) is 5.26 Å². The predicted octanol–water partition coefficient (Wildman–Crippen LogP) is 3.43. The van der Waals surface area contributed by atoms with Gasteiger partial charge in [-0.05, 0) is 35.9 Å². The Bertz CT molecular complexity index is 614. The molecule has 0 fully saturated rings. The van der Waals surface area contributed by atoms with Gasteiger partial charge in [0.15, 0.2) is 0 Å². The molecule has 0 aliphatic carbocycles. The van der Waals surface area contributed by atoms with Crippen molar-refractivity contribution in [1.29, 1.82) is 5.26 Å². The van der Waals surface area contributed by atoms with E-state index in [0.29, 0.717) is 10.6 Å². The second-order valence-corrected chi connectivity index (χ2v) is 4.78. The summed E-state index contributed by atoms with van der Waals surface area (Å²) >= 11 is 6.03. The van der Waals surface area contributed by atoms with Crippen molar-refractivity contribution in [2.24, 2.45) is 0 Å². The number of nitriles is 1. The first-order chi connectivity index (χ1) is 9.10. The molecule has 0 unspecified atom stereocenters. The summed E-state index contributed by atoms with van der Waals surface area (Å²) in [6, 6.07) is 15.2.